The fourth-order valence-corrected chi connectivity index (χ4v) is 6.07. The molecule has 0 radical (unpaired) electrons. The van der Waals surface area contributed by atoms with Crippen LogP contribution in [0.3, 0.4) is 0 Å². The third-order valence-corrected chi connectivity index (χ3v) is 8.42. The summed E-state index contributed by atoms with van der Waals surface area (Å²) in [5, 5.41) is 14.4. The maximum Gasteiger partial charge on any atom is 0.412 e. The Kier molecular flexibility index (Phi) is 11.1. The number of hydrogen-bond acceptors (Lipinski definition) is 8. The van der Waals surface area contributed by atoms with Crippen molar-refractivity contribution in [1.29, 1.82) is 0 Å². The van der Waals surface area contributed by atoms with Gasteiger partial charge in [-0.25, -0.2) is 13.6 Å². The zero-order valence-corrected chi connectivity index (χ0v) is 26.7. The van der Waals surface area contributed by atoms with Crippen molar-refractivity contribution >= 4 is 29.5 Å². The number of benzene rings is 2. The number of ether oxygens (including phenoxy) is 3. The lowest BCUT2D eigenvalue weighted by molar-refractivity contribution is -0.141. The number of carboxylic acid groups (broad SMARTS) is 1. The van der Waals surface area contributed by atoms with Gasteiger partial charge in [-0.15, -0.1) is 0 Å². The molecule has 2 aromatic carbocycles. The van der Waals surface area contributed by atoms with Crippen molar-refractivity contribution in [1.82, 2.24) is 15.2 Å². The lowest BCUT2D eigenvalue weighted by Gasteiger charge is -2.31. The minimum Gasteiger partial charge on any atom is -0.494 e. The van der Waals surface area contributed by atoms with Crippen LogP contribution in [0.25, 0.3) is 0 Å². The summed E-state index contributed by atoms with van der Waals surface area (Å²) in [6.45, 7) is 1.23. The molecule has 3 N–H and O–H groups in total. The van der Waals surface area contributed by atoms with Crippen LogP contribution >= 0.6 is 0 Å². The number of carboxylic acids is 1. The number of halogens is 4. The Morgan fingerprint density at radius 3 is 2.34 bits per heavy atom. The molecule has 0 fully saturated rings. The van der Waals surface area contributed by atoms with Gasteiger partial charge in [0, 0.05) is 37.0 Å². The van der Waals surface area contributed by atoms with Crippen LogP contribution < -0.4 is 24.8 Å². The third kappa shape index (κ3) is 8.06. The molecule has 4 unspecified atom stereocenters. The number of aliphatic carboxylic acids is 1. The Balaban J connectivity index is 1.26. The maximum atomic E-state index is 14.0. The van der Waals surface area contributed by atoms with Gasteiger partial charge in [-0.1, -0.05) is 6.92 Å². The molecule has 1 aromatic heterocycles. The summed E-state index contributed by atoms with van der Waals surface area (Å²) in [5.41, 5.74) is 1.46. The first kappa shape index (κ1) is 35.9. The van der Waals surface area contributed by atoms with Gasteiger partial charge >= 0.3 is 12.1 Å². The second-order valence-corrected chi connectivity index (χ2v) is 11.9. The molecule has 3 aromatic rings. The number of hydrogen-bond donors (Lipinski definition) is 3. The van der Waals surface area contributed by atoms with E-state index in [0.717, 1.165) is 12.0 Å². The van der Waals surface area contributed by atoms with Crippen molar-refractivity contribution < 1.29 is 60.9 Å². The second-order valence-electron chi connectivity index (χ2n) is 11.9. The van der Waals surface area contributed by atoms with Crippen molar-refractivity contribution in [3.63, 3.8) is 0 Å². The Morgan fingerprint density at radius 2 is 1.68 bits per heavy atom. The van der Waals surface area contributed by atoms with Gasteiger partial charge in [0.1, 0.15) is 29.9 Å². The van der Waals surface area contributed by atoms with E-state index < -0.39 is 95.5 Å². The maximum absolute atomic E-state index is 14.0. The largest absolute Gasteiger partial charge is 0.494 e. The highest BCUT2D eigenvalue weighted by Gasteiger charge is 2.43. The molecular formula is C34H33F4N3O9. The first-order valence-corrected chi connectivity index (χ1v) is 15.8. The van der Waals surface area contributed by atoms with Crippen LogP contribution in [-0.2, 0) is 32.1 Å². The number of rotatable bonds is 13. The fraction of sp³-hybridized carbons (Fsp3) is 0.382. The van der Waals surface area contributed by atoms with E-state index in [4.69, 9.17) is 9.47 Å². The van der Waals surface area contributed by atoms with E-state index in [0.29, 0.717) is 30.9 Å². The molecule has 266 valence electrons. The number of nitrogens with one attached hydrogen (secondary N) is 2. The van der Waals surface area contributed by atoms with Crippen LogP contribution in [0.2, 0.25) is 0 Å². The molecule has 2 amide bonds. The van der Waals surface area contributed by atoms with Crippen LogP contribution in [0.4, 0.5) is 22.4 Å². The molecule has 5 rings (SSSR count). The Bertz CT molecular complexity index is 1770. The van der Waals surface area contributed by atoms with Gasteiger partial charge in [0.25, 0.3) is 0 Å². The monoisotopic (exact) mass is 703 g/mol. The van der Waals surface area contributed by atoms with Crippen LogP contribution in [-0.4, -0.2) is 64.5 Å². The number of carbonyl (C=O) groups excluding carboxylic acids is 4. The number of aryl methyl sites for hydroxylation is 1. The van der Waals surface area contributed by atoms with Crippen LogP contribution in [0.1, 0.15) is 49.8 Å². The van der Waals surface area contributed by atoms with Gasteiger partial charge in [0.05, 0.1) is 24.9 Å². The van der Waals surface area contributed by atoms with E-state index in [-0.39, 0.29) is 24.8 Å². The summed E-state index contributed by atoms with van der Waals surface area (Å²) >= 11 is 0. The number of Topliss-reactive ketones (excluding diaryl/α,β-unsaturated/α-hetero) is 2. The fourth-order valence-electron chi connectivity index (χ4n) is 6.07. The molecule has 12 nitrogen and oxygen atoms in total. The molecule has 1 aliphatic heterocycles. The van der Waals surface area contributed by atoms with Crippen molar-refractivity contribution in [3.8, 4) is 17.2 Å². The molecule has 16 heteroatoms. The summed E-state index contributed by atoms with van der Waals surface area (Å²) < 4.78 is 72.5. The molecule has 1 aliphatic carbocycles. The molecule has 50 heavy (non-hydrogen) atoms. The lowest BCUT2D eigenvalue weighted by atomic mass is 9.79. The molecule has 2 heterocycles. The topological polar surface area (TPSA) is 162 Å². The molecule has 0 spiro atoms. The number of amides is 2. The quantitative estimate of drug-likeness (QED) is 0.175. The Hall–Kier alpha value is -5.41. The van der Waals surface area contributed by atoms with E-state index in [2.05, 4.69) is 15.4 Å². The second kappa shape index (κ2) is 15.4. The van der Waals surface area contributed by atoms with Gasteiger partial charge in [0.2, 0.25) is 17.5 Å². The molecular weight excluding hydrogens is 670 g/mol. The predicted molar refractivity (Wildman–Crippen MR) is 165 cm³/mol. The Labute approximate surface area is 282 Å². The number of carbonyl (C=O) groups is 5. The van der Waals surface area contributed by atoms with Crippen molar-refractivity contribution in [3.05, 3.63) is 77.1 Å². The Morgan fingerprint density at radius 1 is 1.00 bits per heavy atom. The standard InChI is InChI=1S/C34H33F4N3O9/c1-2-11-48-19-4-6-20(7-5-19)50-34(47)40-23-8-3-17-9-10-41-15-18(12-25(42)28(23)31(17)41)33(46)39-24(14-27(44)45)26(43)16-49-32-29(37)21(35)13-22(36)30(32)38/h4-7,9-10,13,18,23-24,28H,2-3,8,11-12,14-16H2,1H3,(H,39,46)(H,40,47)(H,44,45). The first-order chi connectivity index (χ1) is 23.9. The average Bonchev–Trinajstić information content (AvgIpc) is 3.41. The molecule has 4 atom stereocenters. The van der Waals surface area contributed by atoms with E-state index in [9.17, 15) is 46.6 Å². The summed E-state index contributed by atoms with van der Waals surface area (Å²) in [6, 6.07) is 5.73. The minimum atomic E-state index is -1.91. The van der Waals surface area contributed by atoms with Crippen molar-refractivity contribution in [2.75, 3.05) is 13.2 Å². The van der Waals surface area contributed by atoms with Gasteiger partial charge < -0.3 is 34.5 Å². The highest BCUT2D eigenvalue weighted by atomic mass is 19.2. The normalized spacial score (nSPS) is 18.7. The van der Waals surface area contributed by atoms with Crippen LogP contribution in [0, 0.1) is 29.2 Å². The average molecular weight is 704 g/mol. The SMILES string of the molecule is CCCOc1ccc(OC(=O)NC2CCc3ccn4c3C2C(=O)CC(C(=O)NC(CC(=O)O)C(=O)COc2c(F)c(F)cc(F)c2F)C4)cc1. The summed E-state index contributed by atoms with van der Waals surface area (Å²) in [7, 11) is 0. The van der Waals surface area contributed by atoms with Gasteiger partial charge in [-0.05, 0) is 55.2 Å². The number of ketones is 2. The van der Waals surface area contributed by atoms with E-state index in [1.54, 1.807) is 41.1 Å². The number of nitrogens with zero attached hydrogens (tertiary/aromatic N) is 1. The van der Waals surface area contributed by atoms with Gasteiger partial charge in [-0.2, -0.15) is 8.78 Å². The highest BCUT2D eigenvalue weighted by molar-refractivity contribution is 5.96. The van der Waals surface area contributed by atoms with Crippen molar-refractivity contribution in [2.45, 2.75) is 63.6 Å². The zero-order chi connectivity index (χ0) is 36.1. The minimum absolute atomic E-state index is 0.0313. The molecule has 0 saturated heterocycles. The van der Waals surface area contributed by atoms with E-state index in [1.165, 1.54) is 0 Å². The summed E-state index contributed by atoms with van der Waals surface area (Å²) in [6.07, 6.45) is 1.33. The molecule has 0 saturated carbocycles. The molecule has 0 bridgehead atoms. The lowest BCUT2D eigenvalue weighted by Crippen LogP contribution is -2.47. The number of aromatic nitrogens is 1. The third-order valence-electron chi connectivity index (χ3n) is 8.42. The van der Waals surface area contributed by atoms with E-state index in [1.807, 2.05) is 6.92 Å². The zero-order valence-electron chi connectivity index (χ0n) is 26.7. The summed E-state index contributed by atoms with van der Waals surface area (Å²) in [4.78, 5) is 64.5. The van der Waals surface area contributed by atoms with Gasteiger partial charge in [-0.3, -0.25) is 19.2 Å². The van der Waals surface area contributed by atoms with Gasteiger partial charge in [0.15, 0.2) is 23.2 Å². The van der Waals surface area contributed by atoms with E-state index >= 15 is 0 Å². The van der Waals surface area contributed by atoms with Crippen molar-refractivity contribution in [2.24, 2.45) is 5.92 Å². The summed E-state index contributed by atoms with van der Waals surface area (Å²) in [5.74, 6) is -14.0. The first-order valence-electron chi connectivity index (χ1n) is 15.8. The molecule has 2 aliphatic rings. The van der Waals surface area contributed by atoms with Crippen LogP contribution in [0.5, 0.6) is 17.2 Å². The highest BCUT2D eigenvalue weighted by Crippen LogP contribution is 2.38. The predicted octanol–water partition coefficient (Wildman–Crippen LogP) is 4.22. The smallest absolute Gasteiger partial charge is 0.412 e. The van der Waals surface area contributed by atoms with Crippen LogP contribution in [0.15, 0.2) is 42.6 Å².